The van der Waals surface area contributed by atoms with Gasteiger partial charge >= 0.3 is 5.69 Å². The zero-order chi connectivity index (χ0) is 19.6. The first kappa shape index (κ1) is 19.6. The van der Waals surface area contributed by atoms with E-state index < -0.39 is 20.4 Å². The third-order valence-corrected chi connectivity index (χ3v) is 6.09. The van der Waals surface area contributed by atoms with Crippen LogP contribution in [0.25, 0.3) is 0 Å². The van der Waals surface area contributed by atoms with Gasteiger partial charge in [0.15, 0.2) is 9.84 Å². The molecule has 0 amide bonds. The Labute approximate surface area is 163 Å². The quantitative estimate of drug-likeness (QED) is 0.582. The molecule has 0 bridgehead atoms. The van der Waals surface area contributed by atoms with Gasteiger partial charge in [0.1, 0.15) is 10.6 Å². The second-order valence-corrected chi connectivity index (χ2v) is 8.90. The average molecular weight is 410 g/mol. The third-order valence-electron chi connectivity index (χ3n) is 4.61. The minimum absolute atomic E-state index is 0.211. The Morgan fingerprint density at radius 3 is 2.70 bits per heavy atom. The van der Waals surface area contributed by atoms with Crippen LogP contribution in [-0.2, 0) is 22.8 Å². The monoisotopic (exact) mass is 409 g/mol. The second-order valence-electron chi connectivity index (χ2n) is 6.51. The summed E-state index contributed by atoms with van der Waals surface area (Å²) in [5.74, 6) is 0. The van der Waals surface area contributed by atoms with Gasteiger partial charge in [-0.25, -0.2) is 8.42 Å². The zero-order valence-corrected chi connectivity index (χ0v) is 16.4. The summed E-state index contributed by atoms with van der Waals surface area (Å²) in [4.78, 5) is 12.7. The number of halogens is 1. The van der Waals surface area contributed by atoms with Gasteiger partial charge in [-0.15, -0.1) is 0 Å². The molecule has 144 valence electrons. The molecule has 0 atom stereocenters. The lowest BCUT2D eigenvalue weighted by Crippen LogP contribution is -2.34. The molecule has 0 radical (unpaired) electrons. The first-order valence-corrected chi connectivity index (χ1v) is 10.7. The Morgan fingerprint density at radius 1 is 1.26 bits per heavy atom. The van der Waals surface area contributed by atoms with E-state index in [1.54, 1.807) is 0 Å². The number of fused-ring (bicyclic) bond motifs is 1. The van der Waals surface area contributed by atoms with E-state index in [4.69, 9.17) is 11.6 Å². The van der Waals surface area contributed by atoms with Crippen molar-refractivity contribution in [1.29, 1.82) is 0 Å². The predicted molar refractivity (Wildman–Crippen MR) is 105 cm³/mol. The highest BCUT2D eigenvalue weighted by molar-refractivity contribution is 7.90. The molecule has 0 spiro atoms. The van der Waals surface area contributed by atoms with Crippen LogP contribution in [0.1, 0.15) is 11.1 Å². The Hall–Kier alpha value is -2.16. The molecule has 1 aliphatic rings. The molecule has 7 nitrogen and oxygen atoms in total. The van der Waals surface area contributed by atoms with E-state index in [-0.39, 0.29) is 10.6 Å². The van der Waals surface area contributed by atoms with Crippen molar-refractivity contribution < 1.29 is 13.3 Å². The second kappa shape index (κ2) is 7.84. The minimum atomic E-state index is -3.69. The smallest absolute Gasteiger partial charge is 0.310 e. The molecule has 2 aromatic rings. The van der Waals surface area contributed by atoms with Gasteiger partial charge in [-0.3, -0.25) is 15.0 Å². The minimum Gasteiger partial charge on any atom is -0.378 e. The molecule has 0 unspecified atom stereocenters. The Morgan fingerprint density at radius 2 is 2.00 bits per heavy atom. The topological polar surface area (TPSA) is 92.6 Å². The number of nitrogens with zero attached hydrogens (tertiary/aromatic N) is 2. The summed E-state index contributed by atoms with van der Waals surface area (Å²) >= 11 is 6.23. The van der Waals surface area contributed by atoms with Gasteiger partial charge < -0.3 is 5.32 Å². The molecule has 9 heteroatoms. The number of anilines is 1. The van der Waals surface area contributed by atoms with Crippen molar-refractivity contribution in [2.75, 3.05) is 31.2 Å². The van der Waals surface area contributed by atoms with Crippen LogP contribution < -0.4 is 5.32 Å². The largest absolute Gasteiger partial charge is 0.378 e. The van der Waals surface area contributed by atoms with E-state index in [0.717, 1.165) is 30.8 Å². The van der Waals surface area contributed by atoms with Crippen molar-refractivity contribution in [3.05, 3.63) is 62.7 Å². The highest BCUT2D eigenvalue weighted by atomic mass is 35.5. The number of nitro benzene ring substituents is 1. The lowest BCUT2D eigenvalue weighted by atomic mass is 10.00. The van der Waals surface area contributed by atoms with Crippen molar-refractivity contribution in [2.45, 2.75) is 17.9 Å². The normalized spacial score (nSPS) is 14.6. The number of hydrogen-bond donors (Lipinski definition) is 1. The number of sulfone groups is 1. The number of benzene rings is 2. The summed E-state index contributed by atoms with van der Waals surface area (Å²) < 4.78 is 23.6. The van der Waals surface area contributed by atoms with E-state index in [2.05, 4.69) is 16.3 Å². The summed E-state index contributed by atoms with van der Waals surface area (Å²) in [7, 11) is -3.69. The molecule has 0 fully saturated rings. The van der Waals surface area contributed by atoms with Crippen molar-refractivity contribution in [1.82, 2.24) is 4.90 Å². The molecule has 1 aliphatic heterocycles. The van der Waals surface area contributed by atoms with E-state index in [1.807, 2.05) is 12.1 Å². The summed E-state index contributed by atoms with van der Waals surface area (Å²) in [5.41, 5.74) is 2.18. The van der Waals surface area contributed by atoms with Crippen LogP contribution in [0.5, 0.6) is 0 Å². The summed E-state index contributed by atoms with van der Waals surface area (Å²) in [6, 6.07) is 10.2. The lowest BCUT2D eigenvalue weighted by molar-refractivity contribution is -0.386. The predicted octanol–water partition coefficient (Wildman–Crippen LogP) is 3.12. The van der Waals surface area contributed by atoms with Gasteiger partial charge in [0.2, 0.25) is 0 Å². The van der Waals surface area contributed by atoms with Crippen molar-refractivity contribution >= 4 is 32.8 Å². The molecule has 3 rings (SSSR count). The maximum absolute atomic E-state index is 11.8. The molecule has 1 N–H and O–H groups in total. The Kier molecular flexibility index (Phi) is 5.69. The highest BCUT2D eigenvalue weighted by Gasteiger charge is 2.26. The maximum Gasteiger partial charge on any atom is 0.310 e. The highest BCUT2D eigenvalue weighted by Crippen LogP contribution is 2.32. The van der Waals surface area contributed by atoms with E-state index in [0.29, 0.717) is 13.1 Å². The van der Waals surface area contributed by atoms with Crippen molar-refractivity contribution in [3.8, 4) is 0 Å². The van der Waals surface area contributed by atoms with Gasteiger partial charge in [-0.1, -0.05) is 29.8 Å². The van der Waals surface area contributed by atoms with Crippen LogP contribution in [0.15, 0.2) is 41.3 Å². The fourth-order valence-electron chi connectivity index (χ4n) is 3.31. The van der Waals surface area contributed by atoms with Crippen molar-refractivity contribution in [3.63, 3.8) is 0 Å². The SMILES string of the molecule is CS(=O)(=O)c1cccc(NCCN2CCc3c(Cl)cccc3C2)c1[N+](=O)[O-]. The van der Waals surface area contributed by atoms with Crippen molar-refractivity contribution in [2.24, 2.45) is 0 Å². The number of rotatable bonds is 6. The number of nitrogens with one attached hydrogen (secondary N) is 1. The van der Waals surface area contributed by atoms with Crippen LogP contribution in [0.4, 0.5) is 11.4 Å². The van der Waals surface area contributed by atoms with Gasteiger partial charge in [-0.05, 0) is 35.7 Å². The molecule has 0 saturated heterocycles. The molecule has 2 aromatic carbocycles. The molecule has 0 saturated carbocycles. The van der Waals surface area contributed by atoms with E-state index in [9.17, 15) is 18.5 Å². The first-order chi connectivity index (χ1) is 12.8. The molecule has 27 heavy (non-hydrogen) atoms. The number of nitro groups is 1. The van der Waals surface area contributed by atoms with Crippen LogP contribution in [0.3, 0.4) is 0 Å². The average Bonchev–Trinajstić information content (AvgIpc) is 2.60. The molecular weight excluding hydrogens is 390 g/mol. The van der Waals surface area contributed by atoms with Crippen LogP contribution in [-0.4, -0.2) is 44.1 Å². The molecule has 1 heterocycles. The van der Waals surface area contributed by atoms with E-state index in [1.165, 1.54) is 29.3 Å². The summed E-state index contributed by atoms with van der Waals surface area (Å²) in [5, 5.41) is 15.2. The fraction of sp³-hybridized carbons (Fsp3) is 0.333. The maximum atomic E-state index is 11.8. The van der Waals surface area contributed by atoms with E-state index >= 15 is 0 Å². The Balaban J connectivity index is 1.69. The third kappa shape index (κ3) is 4.40. The van der Waals surface area contributed by atoms with Gasteiger partial charge in [0.05, 0.1) is 4.92 Å². The fourth-order valence-corrected chi connectivity index (χ4v) is 4.46. The zero-order valence-electron chi connectivity index (χ0n) is 14.8. The molecule has 0 aromatic heterocycles. The molecule has 0 aliphatic carbocycles. The van der Waals surface area contributed by atoms with Gasteiger partial charge in [-0.2, -0.15) is 0 Å². The van der Waals surface area contributed by atoms with Crippen LogP contribution in [0, 0.1) is 10.1 Å². The van der Waals surface area contributed by atoms with Gasteiger partial charge in [0, 0.05) is 37.5 Å². The Bertz CT molecular complexity index is 979. The number of para-hydroxylation sites is 1. The van der Waals surface area contributed by atoms with Crippen LogP contribution >= 0.6 is 11.6 Å². The first-order valence-electron chi connectivity index (χ1n) is 8.47. The lowest BCUT2D eigenvalue weighted by Gasteiger charge is -2.29. The van der Waals surface area contributed by atoms with Crippen LogP contribution in [0.2, 0.25) is 5.02 Å². The van der Waals surface area contributed by atoms with Gasteiger partial charge in [0.25, 0.3) is 0 Å². The number of hydrogen-bond acceptors (Lipinski definition) is 6. The standard InChI is InChI=1S/C18H20ClN3O4S/c1-27(25,26)17-7-3-6-16(18(17)22(23)24)20-9-11-21-10-8-14-13(12-21)4-2-5-15(14)19/h2-7,20H,8-12H2,1H3. The summed E-state index contributed by atoms with van der Waals surface area (Å²) in [6.07, 6.45) is 1.83. The summed E-state index contributed by atoms with van der Waals surface area (Å²) in [6.45, 7) is 2.75. The molecular formula is C18H20ClN3O4S.